The fourth-order valence-corrected chi connectivity index (χ4v) is 12.7. The molecular weight excluding hydrogens is 578 g/mol. The van der Waals surface area contributed by atoms with Gasteiger partial charge in [-0.1, -0.05) is 71.7 Å². The molecule has 1 aliphatic heterocycles. The monoisotopic (exact) mass is 641 g/mol. The van der Waals surface area contributed by atoms with E-state index in [9.17, 15) is 5.11 Å². The number of benzene rings is 1. The maximum atomic E-state index is 15.2. The van der Waals surface area contributed by atoms with Crippen LogP contribution in [0.15, 0.2) is 36.4 Å². The lowest BCUT2D eigenvalue weighted by molar-refractivity contribution is -0.197. The molecule has 2 heterocycles. The van der Waals surface area contributed by atoms with Gasteiger partial charge >= 0.3 is 0 Å². The zero-order valence-corrected chi connectivity index (χ0v) is 30.4. The first-order valence-electron chi connectivity index (χ1n) is 19.5. The molecule has 2 aromatic rings. The van der Waals surface area contributed by atoms with Crippen LogP contribution in [0.4, 0.5) is 0 Å². The maximum absolute atomic E-state index is 15.2. The van der Waals surface area contributed by atoms with Crippen molar-refractivity contribution < 1.29 is 9.90 Å². The minimum absolute atomic E-state index is 0.0367. The Morgan fingerprint density at radius 2 is 1.87 bits per heavy atom. The minimum atomic E-state index is -0.284. The van der Waals surface area contributed by atoms with Gasteiger partial charge in [-0.15, -0.1) is 0 Å². The number of carbonyl (C=O) groups excluding carboxylic acids is 1. The molecular formula is C42H63N3O2. The Bertz CT molecular complexity index is 1460. The minimum Gasteiger partial charge on any atom is -0.393 e. The van der Waals surface area contributed by atoms with Crippen LogP contribution in [0.3, 0.4) is 0 Å². The van der Waals surface area contributed by atoms with Gasteiger partial charge in [0.05, 0.1) is 28.6 Å². The first-order chi connectivity index (χ1) is 22.4. The van der Waals surface area contributed by atoms with Gasteiger partial charge in [-0.05, 0) is 142 Å². The number of likely N-dealkylation sites (tertiary alicyclic amines) is 1. The van der Waals surface area contributed by atoms with Crippen LogP contribution < -0.4 is 0 Å². The summed E-state index contributed by atoms with van der Waals surface area (Å²) in [5.41, 5.74) is 3.53. The van der Waals surface area contributed by atoms with Crippen LogP contribution in [0.1, 0.15) is 143 Å². The summed E-state index contributed by atoms with van der Waals surface area (Å²) in [6.45, 7) is 19.9. The summed E-state index contributed by atoms with van der Waals surface area (Å²) in [5.74, 6) is 4.03. The van der Waals surface area contributed by atoms with E-state index >= 15 is 4.79 Å². The number of nitrogens with one attached hydrogen (secondary N) is 1. The molecule has 0 unspecified atom stereocenters. The molecule has 1 aromatic carbocycles. The molecule has 4 aliphatic carbocycles. The van der Waals surface area contributed by atoms with E-state index in [1.54, 1.807) is 0 Å². The van der Waals surface area contributed by atoms with Crippen molar-refractivity contribution in [1.29, 1.82) is 0 Å². The first kappa shape index (κ1) is 33.4. The van der Waals surface area contributed by atoms with Crippen molar-refractivity contribution in [1.82, 2.24) is 14.9 Å². The molecule has 4 saturated carbocycles. The lowest BCUT2D eigenvalue weighted by atomic mass is 9.37. The molecule has 0 spiro atoms. The number of H-pyrrole nitrogens is 1. The van der Waals surface area contributed by atoms with Crippen molar-refractivity contribution in [3.05, 3.63) is 42.2 Å². The van der Waals surface area contributed by atoms with Crippen LogP contribution in [0.25, 0.3) is 11.0 Å². The van der Waals surface area contributed by atoms with Crippen molar-refractivity contribution in [2.24, 2.45) is 51.2 Å². The van der Waals surface area contributed by atoms with Crippen molar-refractivity contribution >= 4 is 16.9 Å². The standard InChI is InChI=1S/C42H63N3O2/c1-8-9-16-35(46)39(4,5)28-19-21-40(6)29(26-28)17-18-31-36-30(27(2)3)20-22-42(36,24-23-41(31,40)7)38(47)45-25-12-15-34(45)37-43-32-13-10-11-14-33(32)44-37/h10-11,13-14,28-31,34-36,46H,2,8-9,12,15-26H2,1,3-7H3,(H,43,44)/t28-,29-,30+,31-,34+,35+,36-,40-,41-,42+/m1/s1. The van der Waals surface area contributed by atoms with E-state index in [0.717, 1.165) is 81.2 Å². The highest BCUT2D eigenvalue weighted by Crippen LogP contribution is 2.74. The number of aliphatic hydroxyl groups excluding tert-OH is 1. The number of aromatic amines is 1. The number of aliphatic hydroxyl groups is 1. The molecule has 10 atom stereocenters. The number of imidazole rings is 1. The second kappa shape index (κ2) is 12.0. The fraction of sp³-hybridized carbons (Fsp3) is 0.762. The van der Waals surface area contributed by atoms with E-state index in [0.29, 0.717) is 35.5 Å². The second-order valence-electron chi connectivity index (χ2n) is 18.1. The Kier molecular flexibility index (Phi) is 8.53. The molecule has 47 heavy (non-hydrogen) atoms. The highest BCUT2D eigenvalue weighted by molar-refractivity contribution is 5.85. The average molecular weight is 642 g/mol. The lowest BCUT2D eigenvalue weighted by Crippen LogP contribution is -2.63. The Morgan fingerprint density at radius 1 is 1.09 bits per heavy atom. The lowest BCUT2D eigenvalue weighted by Gasteiger charge is -2.68. The van der Waals surface area contributed by atoms with Crippen molar-refractivity contribution in [2.45, 2.75) is 144 Å². The van der Waals surface area contributed by atoms with E-state index in [1.165, 1.54) is 37.7 Å². The van der Waals surface area contributed by atoms with Crippen LogP contribution in [0, 0.1) is 51.2 Å². The maximum Gasteiger partial charge on any atom is 0.229 e. The van der Waals surface area contributed by atoms with Crippen LogP contribution in [0.5, 0.6) is 0 Å². The Labute approximate surface area is 284 Å². The van der Waals surface area contributed by atoms with Gasteiger partial charge in [-0.25, -0.2) is 4.98 Å². The number of aromatic nitrogens is 2. The summed E-state index contributed by atoms with van der Waals surface area (Å²) in [6.07, 6.45) is 15.5. The van der Waals surface area contributed by atoms with Gasteiger partial charge < -0.3 is 15.0 Å². The summed E-state index contributed by atoms with van der Waals surface area (Å²) in [4.78, 5) is 26.1. The predicted molar refractivity (Wildman–Crippen MR) is 192 cm³/mol. The summed E-state index contributed by atoms with van der Waals surface area (Å²) >= 11 is 0. The zero-order chi connectivity index (χ0) is 33.4. The molecule has 7 rings (SSSR count). The molecule has 258 valence electrons. The van der Waals surface area contributed by atoms with Gasteiger partial charge in [0.1, 0.15) is 5.82 Å². The third-order valence-electron chi connectivity index (χ3n) is 16.0. The van der Waals surface area contributed by atoms with E-state index in [1.807, 2.05) is 6.07 Å². The highest BCUT2D eigenvalue weighted by Gasteiger charge is 2.69. The SMILES string of the molecule is C=C(C)[C@@H]1CC[C@]2(C(=O)N3CCC[C@H]3c3nc4ccccc4[nH]3)CC[C@]3(C)[C@H](CC[C@@H]4C[C@H](C(C)(C)[C@@H](O)CCCC)CC[C@]43C)[C@@H]12. The summed E-state index contributed by atoms with van der Waals surface area (Å²) in [6, 6.07) is 8.31. The Morgan fingerprint density at radius 3 is 2.62 bits per heavy atom. The largest absolute Gasteiger partial charge is 0.393 e. The second-order valence-corrected chi connectivity index (χ2v) is 18.1. The predicted octanol–water partition coefficient (Wildman–Crippen LogP) is 10.0. The fourth-order valence-electron chi connectivity index (χ4n) is 12.7. The van der Waals surface area contributed by atoms with Crippen LogP contribution in [-0.4, -0.2) is 38.5 Å². The third-order valence-corrected chi connectivity index (χ3v) is 16.0. The summed E-state index contributed by atoms with van der Waals surface area (Å²) in [5, 5.41) is 11.3. The number of hydrogen-bond donors (Lipinski definition) is 2. The molecule has 1 amide bonds. The summed E-state index contributed by atoms with van der Waals surface area (Å²) < 4.78 is 0. The van der Waals surface area contributed by atoms with Gasteiger partial charge in [0.2, 0.25) is 5.91 Å². The van der Waals surface area contributed by atoms with Gasteiger partial charge in [-0.2, -0.15) is 0 Å². The molecule has 0 bridgehead atoms. The van der Waals surface area contributed by atoms with Gasteiger partial charge in [-0.3, -0.25) is 4.79 Å². The van der Waals surface area contributed by atoms with Gasteiger partial charge in [0.15, 0.2) is 0 Å². The van der Waals surface area contributed by atoms with Crippen molar-refractivity contribution in [3.8, 4) is 0 Å². The molecule has 5 heteroatoms. The van der Waals surface area contributed by atoms with Gasteiger partial charge in [0, 0.05) is 6.54 Å². The highest BCUT2D eigenvalue weighted by atomic mass is 16.3. The smallest absolute Gasteiger partial charge is 0.229 e. The van der Waals surface area contributed by atoms with Crippen molar-refractivity contribution in [3.63, 3.8) is 0 Å². The van der Waals surface area contributed by atoms with Crippen LogP contribution in [0.2, 0.25) is 0 Å². The Hall–Kier alpha value is -2.14. The first-order valence-corrected chi connectivity index (χ1v) is 19.5. The third kappa shape index (κ3) is 5.01. The number of hydrogen-bond acceptors (Lipinski definition) is 3. The molecule has 5 fully saturated rings. The van der Waals surface area contributed by atoms with E-state index in [2.05, 4.69) is 76.2 Å². The van der Waals surface area contributed by atoms with Crippen molar-refractivity contribution in [2.75, 3.05) is 6.54 Å². The number of unbranched alkanes of at least 4 members (excludes halogenated alkanes) is 1. The molecule has 5 aliphatic rings. The van der Waals surface area contributed by atoms with E-state index in [4.69, 9.17) is 4.98 Å². The molecule has 2 N–H and O–H groups in total. The van der Waals surface area contributed by atoms with Crippen LogP contribution >= 0.6 is 0 Å². The zero-order valence-electron chi connectivity index (χ0n) is 30.4. The topological polar surface area (TPSA) is 69.2 Å². The molecule has 1 saturated heterocycles. The van der Waals surface area contributed by atoms with Gasteiger partial charge in [0.25, 0.3) is 0 Å². The Balaban J connectivity index is 1.17. The number of fused-ring (bicyclic) bond motifs is 6. The van der Waals surface area contributed by atoms with E-state index in [-0.39, 0.29) is 33.8 Å². The number of nitrogens with zero attached hydrogens (tertiary/aromatic N) is 2. The molecule has 1 aromatic heterocycles. The average Bonchev–Trinajstić information content (AvgIpc) is 3.80. The number of amides is 1. The molecule has 0 radical (unpaired) electrons. The van der Waals surface area contributed by atoms with Crippen LogP contribution in [-0.2, 0) is 4.79 Å². The number of para-hydroxylation sites is 2. The number of carbonyl (C=O) groups is 1. The number of rotatable bonds is 8. The molecule has 5 nitrogen and oxygen atoms in total. The quantitative estimate of drug-likeness (QED) is 0.282. The van der Waals surface area contributed by atoms with E-state index < -0.39 is 0 Å². The number of allylic oxidation sites excluding steroid dienone is 1. The summed E-state index contributed by atoms with van der Waals surface area (Å²) in [7, 11) is 0. The normalized spacial score (nSPS) is 39.3.